The average Bonchev–Trinajstić information content (AvgIpc) is 2.86. The van der Waals surface area contributed by atoms with Crippen molar-refractivity contribution < 1.29 is 18.6 Å². The normalized spacial score (nSPS) is 14.4. The molecule has 1 aromatic heterocycles. The Morgan fingerprint density at radius 1 is 0.970 bits per heavy atom. The summed E-state index contributed by atoms with van der Waals surface area (Å²) < 4.78 is 23.5. The molecular formula is C27H25NO5. The highest BCUT2D eigenvalue weighted by Crippen LogP contribution is 2.36. The molecule has 0 radical (unpaired) electrons. The zero-order valence-corrected chi connectivity index (χ0v) is 18.6. The Hall–Kier alpha value is -3.77. The van der Waals surface area contributed by atoms with E-state index in [-0.39, 0.29) is 17.2 Å². The summed E-state index contributed by atoms with van der Waals surface area (Å²) in [5.41, 5.74) is 2.35. The fourth-order valence-electron chi connectivity index (χ4n) is 4.10. The molecule has 1 aliphatic rings. The minimum absolute atomic E-state index is 0.112. The van der Waals surface area contributed by atoms with E-state index < -0.39 is 0 Å². The van der Waals surface area contributed by atoms with E-state index in [1.807, 2.05) is 43.3 Å². The van der Waals surface area contributed by atoms with Crippen LogP contribution in [0.3, 0.4) is 0 Å². The van der Waals surface area contributed by atoms with Crippen molar-refractivity contribution in [3.05, 3.63) is 94.3 Å². The van der Waals surface area contributed by atoms with Gasteiger partial charge in [0.25, 0.3) is 0 Å². The number of benzene rings is 3. The van der Waals surface area contributed by atoms with Gasteiger partial charge in [0.1, 0.15) is 24.3 Å². The first-order valence-electron chi connectivity index (χ1n) is 11.0. The summed E-state index contributed by atoms with van der Waals surface area (Å²) in [6.45, 7) is 5.62. The Morgan fingerprint density at radius 3 is 2.52 bits per heavy atom. The van der Waals surface area contributed by atoms with Crippen molar-refractivity contribution in [1.82, 2.24) is 4.90 Å². The summed E-state index contributed by atoms with van der Waals surface area (Å²) in [7, 11) is 0. The first-order chi connectivity index (χ1) is 16.2. The van der Waals surface area contributed by atoms with Gasteiger partial charge in [-0.25, -0.2) is 0 Å². The second-order valence-electron chi connectivity index (χ2n) is 7.94. The van der Waals surface area contributed by atoms with Crippen LogP contribution in [0.15, 0.2) is 82.2 Å². The monoisotopic (exact) mass is 443 g/mol. The Bertz CT molecular complexity index is 1330. The van der Waals surface area contributed by atoms with Crippen molar-refractivity contribution in [2.45, 2.75) is 26.4 Å². The van der Waals surface area contributed by atoms with Crippen molar-refractivity contribution >= 4 is 11.0 Å². The largest absolute Gasteiger partial charge is 0.490 e. The van der Waals surface area contributed by atoms with Crippen LogP contribution < -0.4 is 19.6 Å². The van der Waals surface area contributed by atoms with E-state index >= 15 is 0 Å². The summed E-state index contributed by atoms with van der Waals surface area (Å²) in [6, 6.07) is 21.2. The van der Waals surface area contributed by atoms with E-state index in [0.717, 1.165) is 11.3 Å². The molecule has 1 aliphatic heterocycles. The fraction of sp³-hybridized carbons (Fsp3) is 0.222. The van der Waals surface area contributed by atoms with E-state index in [9.17, 15) is 4.79 Å². The maximum absolute atomic E-state index is 13.2. The van der Waals surface area contributed by atoms with Gasteiger partial charge < -0.3 is 18.6 Å². The quantitative estimate of drug-likeness (QED) is 0.370. The third-order valence-corrected chi connectivity index (χ3v) is 5.92. The molecule has 0 bridgehead atoms. The molecule has 0 amide bonds. The Morgan fingerprint density at radius 2 is 1.73 bits per heavy atom. The van der Waals surface area contributed by atoms with Crippen LogP contribution in [0.2, 0.25) is 0 Å². The van der Waals surface area contributed by atoms with E-state index in [4.69, 9.17) is 18.6 Å². The number of ether oxygens (including phenoxy) is 3. The van der Waals surface area contributed by atoms with Crippen LogP contribution in [0.5, 0.6) is 23.0 Å². The summed E-state index contributed by atoms with van der Waals surface area (Å²) >= 11 is 0. The molecule has 0 aliphatic carbocycles. The molecule has 6 heteroatoms. The predicted octanol–water partition coefficient (Wildman–Crippen LogP) is 5.90. The third-order valence-electron chi connectivity index (χ3n) is 5.92. The van der Waals surface area contributed by atoms with E-state index in [1.165, 1.54) is 11.8 Å². The van der Waals surface area contributed by atoms with Crippen LogP contribution >= 0.6 is 0 Å². The molecule has 168 valence electrons. The van der Waals surface area contributed by atoms with Gasteiger partial charge in [-0.1, -0.05) is 42.5 Å². The zero-order chi connectivity index (χ0) is 22.8. The lowest BCUT2D eigenvalue weighted by Crippen LogP contribution is -2.34. The molecule has 1 unspecified atom stereocenters. The van der Waals surface area contributed by atoms with E-state index in [2.05, 4.69) is 24.0 Å². The average molecular weight is 443 g/mol. The van der Waals surface area contributed by atoms with Gasteiger partial charge in [-0.05, 0) is 43.7 Å². The van der Waals surface area contributed by atoms with Gasteiger partial charge in [-0.15, -0.1) is 0 Å². The lowest BCUT2D eigenvalue weighted by molar-refractivity contribution is 0.0620. The highest BCUT2D eigenvalue weighted by atomic mass is 16.5. The molecule has 0 N–H and O–H groups in total. The summed E-state index contributed by atoms with van der Waals surface area (Å²) in [5.74, 6) is 1.89. The lowest BCUT2D eigenvalue weighted by Gasteiger charge is -2.33. The fourth-order valence-corrected chi connectivity index (χ4v) is 4.10. The minimum Gasteiger partial charge on any atom is -0.490 e. The van der Waals surface area contributed by atoms with Gasteiger partial charge in [0, 0.05) is 12.6 Å². The maximum Gasteiger partial charge on any atom is 0.235 e. The highest BCUT2D eigenvalue weighted by molar-refractivity contribution is 5.83. The molecule has 2 heterocycles. The van der Waals surface area contributed by atoms with E-state index in [1.54, 1.807) is 18.2 Å². The first kappa shape index (κ1) is 21.1. The zero-order valence-electron chi connectivity index (χ0n) is 18.6. The molecule has 33 heavy (non-hydrogen) atoms. The van der Waals surface area contributed by atoms with Crippen molar-refractivity contribution in [2.24, 2.45) is 0 Å². The Labute approximate surface area is 191 Å². The van der Waals surface area contributed by atoms with E-state index in [0.29, 0.717) is 42.4 Å². The summed E-state index contributed by atoms with van der Waals surface area (Å²) in [4.78, 5) is 15.5. The molecule has 4 aromatic rings. The van der Waals surface area contributed by atoms with Crippen LogP contribution in [0.25, 0.3) is 11.0 Å². The van der Waals surface area contributed by atoms with Gasteiger partial charge in [0.15, 0.2) is 11.5 Å². The van der Waals surface area contributed by atoms with Crippen LogP contribution in [-0.2, 0) is 6.54 Å². The lowest BCUT2D eigenvalue weighted by atomic mass is 10.0. The second-order valence-corrected chi connectivity index (χ2v) is 7.94. The molecule has 1 atom stereocenters. The van der Waals surface area contributed by atoms with Crippen molar-refractivity contribution in [2.75, 3.05) is 13.3 Å². The van der Waals surface area contributed by atoms with Gasteiger partial charge in [0.2, 0.25) is 11.2 Å². The first-order valence-corrected chi connectivity index (χ1v) is 11.0. The molecule has 5 rings (SSSR count). The van der Waals surface area contributed by atoms with Crippen LogP contribution in [0.1, 0.15) is 31.0 Å². The van der Waals surface area contributed by atoms with Crippen LogP contribution in [-0.4, -0.2) is 18.2 Å². The van der Waals surface area contributed by atoms with Gasteiger partial charge >= 0.3 is 0 Å². The number of rotatable bonds is 6. The standard InChI is InChI=1S/C27H25NO5/c1-3-30-23-11-7-8-12-24(23)33-25-16-31-27-20(26(25)29)13-14-22-21(27)15-28(17-32-22)18(2)19-9-5-4-6-10-19/h4-14,16,18H,3,15,17H2,1-2H3. The van der Waals surface area contributed by atoms with Crippen molar-refractivity contribution in [3.63, 3.8) is 0 Å². The molecular weight excluding hydrogens is 418 g/mol. The molecule has 0 saturated heterocycles. The molecule has 3 aromatic carbocycles. The van der Waals surface area contributed by atoms with Gasteiger partial charge in [-0.2, -0.15) is 0 Å². The topological polar surface area (TPSA) is 61.1 Å². The Balaban J connectivity index is 1.48. The van der Waals surface area contributed by atoms with Crippen LogP contribution in [0, 0.1) is 0 Å². The molecule has 0 saturated carbocycles. The Kier molecular flexibility index (Phi) is 5.75. The van der Waals surface area contributed by atoms with Crippen molar-refractivity contribution in [1.29, 1.82) is 0 Å². The highest BCUT2D eigenvalue weighted by Gasteiger charge is 2.26. The molecule has 0 fully saturated rings. The SMILES string of the molecule is CCOc1ccccc1Oc1coc2c3c(ccc2c1=O)OCN(C(C)c1ccccc1)C3. The molecule has 0 spiro atoms. The summed E-state index contributed by atoms with van der Waals surface area (Å²) in [5, 5.41) is 0.456. The van der Waals surface area contributed by atoms with Crippen molar-refractivity contribution in [3.8, 4) is 23.0 Å². The number of hydrogen-bond donors (Lipinski definition) is 0. The minimum atomic E-state index is -0.237. The number of para-hydroxylation sites is 2. The predicted molar refractivity (Wildman–Crippen MR) is 126 cm³/mol. The number of hydrogen-bond acceptors (Lipinski definition) is 6. The molecule has 6 nitrogen and oxygen atoms in total. The van der Waals surface area contributed by atoms with Gasteiger partial charge in [-0.3, -0.25) is 9.69 Å². The van der Waals surface area contributed by atoms with Gasteiger partial charge in [0.05, 0.1) is 17.6 Å². The smallest absolute Gasteiger partial charge is 0.235 e. The number of nitrogens with zero attached hydrogens (tertiary/aromatic N) is 1. The second kappa shape index (κ2) is 9.00. The maximum atomic E-state index is 13.2. The van der Waals surface area contributed by atoms with Crippen LogP contribution in [0.4, 0.5) is 0 Å². The summed E-state index contributed by atoms with van der Waals surface area (Å²) in [6.07, 6.45) is 1.37. The third kappa shape index (κ3) is 4.05. The number of fused-ring (bicyclic) bond motifs is 3.